The Hall–Kier alpha value is -2.71. The number of nitrogens with one attached hydrogen (secondary N) is 2. The summed E-state index contributed by atoms with van der Waals surface area (Å²) in [6, 6.07) is 10.6. The van der Waals surface area contributed by atoms with Gasteiger partial charge >= 0.3 is 0 Å². The largest absolute Gasteiger partial charge is 0.492 e. The van der Waals surface area contributed by atoms with Gasteiger partial charge in [0, 0.05) is 12.1 Å². The summed E-state index contributed by atoms with van der Waals surface area (Å²) in [5.41, 5.74) is 1.09. The zero-order valence-electron chi connectivity index (χ0n) is 14.9. The Morgan fingerprint density at radius 2 is 2.04 bits per heavy atom. The molecule has 0 heterocycles. The van der Waals surface area contributed by atoms with Gasteiger partial charge in [-0.3, -0.25) is 4.79 Å². The number of carbonyl (C=O) groups excluding carboxylic acids is 1. The number of amides is 1. The number of hydrogen-bond donors (Lipinski definition) is 2. The molecule has 0 spiro atoms. The van der Waals surface area contributed by atoms with Crippen LogP contribution in [0.25, 0.3) is 0 Å². The van der Waals surface area contributed by atoms with Crippen molar-refractivity contribution < 1.29 is 22.3 Å². The standard InChI is InChI=1S/C19H21FN2O4S/c1-3-9-22-27(24,25)18-13-15(7-8-17(18)20)19(23)21-10-11-26-16-6-4-5-14(2)12-16/h3-8,12-13,22H,1,9-11H2,2H3,(H,21,23). The van der Waals surface area contributed by atoms with Gasteiger partial charge in [-0.05, 0) is 42.8 Å². The van der Waals surface area contributed by atoms with Crippen LogP contribution in [0.4, 0.5) is 4.39 Å². The van der Waals surface area contributed by atoms with Crippen LogP contribution in [0.15, 0.2) is 60.0 Å². The minimum atomic E-state index is -4.08. The van der Waals surface area contributed by atoms with Gasteiger partial charge in [0.15, 0.2) is 0 Å². The molecule has 0 aromatic heterocycles. The van der Waals surface area contributed by atoms with Gasteiger partial charge in [-0.25, -0.2) is 17.5 Å². The summed E-state index contributed by atoms with van der Waals surface area (Å²) in [6.45, 7) is 5.74. The molecule has 2 aromatic carbocycles. The van der Waals surface area contributed by atoms with Crippen molar-refractivity contribution in [3.63, 3.8) is 0 Å². The van der Waals surface area contributed by atoms with E-state index >= 15 is 0 Å². The van der Waals surface area contributed by atoms with Crippen LogP contribution in [0.3, 0.4) is 0 Å². The maximum atomic E-state index is 13.9. The summed E-state index contributed by atoms with van der Waals surface area (Å²) in [6.07, 6.45) is 1.33. The van der Waals surface area contributed by atoms with Gasteiger partial charge in [0.05, 0.1) is 6.54 Å². The normalized spacial score (nSPS) is 11.0. The van der Waals surface area contributed by atoms with Gasteiger partial charge in [-0.1, -0.05) is 18.2 Å². The molecule has 0 aliphatic heterocycles. The van der Waals surface area contributed by atoms with Crippen LogP contribution in [0, 0.1) is 12.7 Å². The molecule has 0 radical (unpaired) electrons. The highest BCUT2D eigenvalue weighted by atomic mass is 32.2. The lowest BCUT2D eigenvalue weighted by Gasteiger charge is -2.10. The Balaban J connectivity index is 1.98. The fourth-order valence-electron chi connectivity index (χ4n) is 2.24. The number of sulfonamides is 1. The van der Waals surface area contributed by atoms with E-state index in [9.17, 15) is 17.6 Å². The van der Waals surface area contributed by atoms with Crippen LogP contribution in [0.5, 0.6) is 5.75 Å². The molecule has 2 rings (SSSR count). The number of halogens is 1. The Morgan fingerprint density at radius 1 is 1.26 bits per heavy atom. The second kappa shape index (κ2) is 9.29. The predicted molar refractivity (Wildman–Crippen MR) is 101 cm³/mol. The van der Waals surface area contributed by atoms with Gasteiger partial charge in [-0.15, -0.1) is 6.58 Å². The molecule has 0 fully saturated rings. The van der Waals surface area contributed by atoms with Gasteiger partial charge in [-0.2, -0.15) is 0 Å². The third kappa shape index (κ3) is 5.90. The molecule has 0 aliphatic rings. The summed E-state index contributed by atoms with van der Waals surface area (Å²) in [5, 5.41) is 2.61. The van der Waals surface area contributed by atoms with Crippen LogP contribution >= 0.6 is 0 Å². The number of carbonyl (C=O) groups is 1. The molecule has 144 valence electrons. The second-order valence-electron chi connectivity index (χ2n) is 5.71. The first-order valence-electron chi connectivity index (χ1n) is 8.21. The van der Waals surface area contributed by atoms with Crippen molar-refractivity contribution in [1.29, 1.82) is 0 Å². The smallest absolute Gasteiger partial charge is 0.251 e. The third-order valence-corrected chi connectivity index (χ3v) is 4.99. The van der Waals surface area contributed by atoms with Gasteiger partial charge < -0.3 is 10.1 Å². The first-order valence-corrected chi connectivity index (χ1v) is 9.69. The maximum Gasteiger partial charge on any atom is 0.251 e. The molecular weight excluding hydrogens is 371 g/mol. The summed E-state index contributed by atoms with van der Waals surface area (Å²) < 4.78 is 45.7. The van der Waals surface area contributed by atoms with Crippen molar-refractivity contribution >= 4 is 15.9 Å². The van der Waals surface area contributed by atoms with Gasteiger partial charge in [0.25, 0.3) is 5.91 Å². The maximum absolute atomic E-state index is 13.9. The van der Waals surface area contributed by atoms with Gasteiger partial charge in [0.1, 0.15) is 23.1 Å². The molecule has 0 saturated heterocycles. The predicted octanol–water partition coefficient (Wildman–Crippen LogP) is 2.41. The van der Waals surface area contributed by atoms with Gasteiger partial charge in [0.2, 0.25) is 10.0 Å². The van der Waals surface area contributed by atoms with E-state index in [0.29, 0.717) is 5.75 Å². The molecule has 0 saturated carbocycles. The molecule has 0 bridgehead atoms. The first kappa shape index (κ1) is 20.6. The minimum Gasteiger partial charge on any atom is -0.492 e. The van der Waals surface area contributed by atoms with E-state index in [0.717, 1.165) is 17.7 Å². The molecule has 27 heavy (non-hydrogen) atoms. The molecule has 2 N–H and O–H groups in total. The fraction of sp³-hybridized carbons (Fsp3) is 0.211. The highest BCUT2D eigenvalue weighted by Gasteiger charge is 2.20. The highest BCUT2D eigenvalue weighted by Crippen LogP contribution is 2.16. The Labute approximate surface area is 158 Å². The van der Waals surface area contributed by atoms with Crippen molar-refractivity contribution in [2.45, 2.75) is 11.8 Å². The summed E-state index contributed by atoms with van der Waals surface area (Å²) in [5.74, 6) is -0.776. The monoisotopic (exact) mass is 392 g/mol. The van der Waals surface area contributed by atoms with E-state index < -0.39 is 26.6 Å². The molecule has 6 nitrogen and oxygen atoms in total. The van der Waals surface area contributed by atoms with E-state index in [-0.39, 0.29) is 25.3 Å². The van der Waals surface area contributed by atoms with E-state index in [2.05, 4.69) is 16.6 Å². The van der Waals surface area contributed by atoms with Crippen LogP contribution in [0.2, 0.25) is 0 Å². The molecule has 0 atom stereocenters. The summed E-state index contributed by atoms with van der Waals surface area (Å²) in [4.78, 5) is 11.6. The molecule has 8 heteroatoms. The summed E-state index contributed by atoms with van der Waals surface area (Å²) >= 11 is 0. The average molecular weight is 392 g/mol. The molecule has 1 amide bonds. The Morgan fingerprint density at radius 3 is 2.74 bits per heavy atom. The zero-order valence-corrected chi connectivity index (χ0v) is 15.7. The van der Waals surface area contributed by atoms with Crippen molar-refractivity contribution in [2.75, 3.05) is 19.7 Å². The van der Waals surface area contributed by atoms with Crippen molar-refractivity contribution in [1.82, 2.24) is 10.0 Å². The van der Waals surface area contributed by atoms with E-state index in [1.807, 2.05) is 31.2 Å². The second-order valence-corrected chi connectivity index (χ2v) is 7.44. The van der Waals surface area contributed by atoms with Crippen LogP contribution < -0.4 is 14.8 Å². The lowest BCUT2D eigenvalue weighted by atomic mass is 10.2. The lowest BCUT2D eigenvalue weighted by Crippen LogP contribution is -2.29. The minimum absolute atomic E-state index is 0.0333. The Bertz CT molecular complexity index is 929. The van der Waals surface area contributed by atoms with Crippen molar-refractivity contribution in [3.8, 4) is 5.75 Å². The van der Waals surface area contributed by atoms with Crippen molar-refractivity contribution in [2.24, 2.45) is 0 Å². The van der Waals surface area contributed by atoms with E-state index in [4.69, 9.17) is 4.74 Å². The van der Waals surface area contributed by atoms with Crippen LogP contribution in [-0.4, -0.2) is 34.0 Å². The number of aryl methyl sites for hydroxylation is 1. The number of benzene rings is 2. The first-order chi connectivity index (χ1) is 12.8. The molecule has 0 unspecified atom stereocenters. The quantitative estimate of drug-likeness (QED) is 0.507. The molecule has 0 aliphatic carbocycles. The number of hydrogen-bond acceptors (Lipinski definition) is 4. The number of ether oxygens (including phenoxy) is 1. The lowest BCUT2D eigenvalue weighted by molar-refractivity contribution is 0.0946. The summed E-state index contributed by atoms with van der Waals surface area (Å²) in [7, 11) is -4.08. The molecular formula is C19H21FN2O4S. The van der Waals surface area contributed by atoms with Crippen LogP contribution in [0.1, 0.15) is 15.9 Å². The average Bonchev–Trinajstić information content (AvgIpc) is 2.63. The number of rotatable bonds is 9. The van der Waals surface area contributed by atoms with Crippen LogP contribution in [-0.2, 0) is 10.0 Å². The van der Waals surface area contributed by atoms with E-state index in [1.54, 1.807) is 0 Å². The van der Waals surface area contributed by atoms with Crippen molar-refractivity contribution in [3.05, 3.63) is 72.1 Å². The SMILES string of the molecule is C=CCNS(=O)(=O)c1cc(C(=O)NCCOc2cccc(C)c2)ccc1F. The fourth-order valence-corrected chi connectivity index (χ4v) is 3.34. The van der Waals surface area contributed by atoms with E-state index in [1.165, 1.54) is 12.1 Å². The highest BCUT2D eigenvalue weighted by molar-refractivity contribution is 7.89. The molecule has 2 aromatic rings. The third-order valence-electron chi connectivity index (χ3n) is 3.55. The topological polar surface area (TPSA) is 84.5 Å². The zero-order chi connectivity index (χ0) is 19.9. The Kier molecular flexibility index (Phi) is 7.09.